The lowest BCUT2D eigenvalue weighted by Crippen LogP contribution is -2.12. The summed E-state index contributed by atoms with van der Waals surface area (Å²) in [5.41, 5.74) is 5.50. The molecule has 106 valence electrons. The predicted octanol–water partition coefficient (Wildman–Crippen LogP) is 1.49. The summed E-state index contributed by atoms with van der Waals surface area (Å²) in [5.74, 6) is 0.560. The lowest BCUT2D eigenvalue weighted by molar-refractivity contribution is -0.114. The average molecular weight is 276 g/mol. The molecule has 0 atom stereocenters. The minimum absolute atomic E-state index is 0.154. The molecule has 2 N–H and O–H groups in total. The summed E-state index contributed by atoms with van der Waals surface area (Å²) < 4.78 is 15.9. The van der Waals surface area contributed by atoms with E-state index < -0.39 is 5.91 Å². The first kappa shape index (κ1) is 15.4. The zero-order valence-corrected chi connectivity index (χ0v) is 11.6. The van der Waals surface area contributed by atoms with Crippen molar-refractivity contribution in [1.82, 2.24) is 0 Å². The van der Waals surface area contributed by atoms with E-state index in [0.717, 1.165) is 0 Å². The maximum absolute atomic E-state index is 11.1. The predicted molar refractivity (Wildman–Crippen MR) is 73.5 cm³/mol. The standard InChI is InChI=1S/C14H16N2O4/c1-4-20-13-11(18-2)6-9(7-12(13)19-3)5-10(8-15)14(16)17/h5-7H,4H2,1-3H3,(H2,16,17)/b10-5-. The molecular formula is C14H16N2O4. The number of rotatable bonds is 6. The van der Waals surface area contributed by atoms with E-state index in [0.29, 0.717) is 29.4 Å². The molecule has 6 heteroatoms. The molecule has 6 nitrogen and oxygen atoms in total. The first-order valence-electron chi connectivity index (χ1n) is 5.87. The van der Waals surface area contributed by atoms with Gasteiger partial charge in [-0.05, 0) is 30.7 Å². The highest BCUT2D eigenvalue weighted by Crippen LogP contribution is 2.39. The van der Waals surface area contributed by atoms with Crippen LogP contribution in [-0.4, -0.2) is 26.7 Å². The highest BCUT2D eigenvalue weighted by atomic mass is 16.5. The summed E-state index contributed by atoms with van der Waals surface area (Å²) in [7, 11) is 2.98. The van der Waals surface area contributed by atoms with Gasteiger partial charge in [-0.1, -0.05) is 0 Å². The van der Waals surface area contributed by atoms with E-state index in [4.69, 9.17) is 25.2 Å². The third kappa shape index (κ3) is 3.42. The van der Waals surface area contributed by atoms with E-state index in [9.17, 15) is 4.79 Å². The summed E-state index contributed by atoms with van der Waals surface area (Å²) >= 11 is 0. The van der Waals surface area contributed by atoms with E-state index in [1.807, 2.05) is 6.92 Å². The van der Waals surface area contributed by atoms with Crippen LogP contribution in [0.1, 0.15) is 12.5 Å². The Balaban J connectivity index is 3.38. The van der Waals surface area contributed by atoms with Gasteiger partial charge in [0.1, 0.15) is 11.6 Å². The number of amides is 1. The molecule has 20 heavy (non-hydrogen) atoms. The summed E-state index contributed by atoms with van der Waals surface area (Å²) in [4.78, 5) is 11.1. The third-order valence-corrected chi connectivity index (χ3v) is 2.47. The summed E-state index contributed by atoms with van der Waals surface area (Å²) in [6.45, 7) is 2.29. The Morgan fingerprint density at radius 2 is 1.90 bits per heavy atom. The number of nitrogens with zero attached hydrogens (tertiary/aromatic N) is 1. The van der Waals surface area contributed by atoms with Gasteiger partial charge in [0, 0.05) is 0 Å². The van der Waals surface area contributed by atoms with Crippen molar-refractivity contribution in [2.75, 3.05) is 20.8 Å². The van der Waals surface area contributed by atoms with E-state index in [1.165, 1.54) is 20.3 Å². The highest BCUT2D eigenvalue weighted by molar-refractivity contribution is 6.00. The lowest BCUT2D eigenvalue weighted by Gasteiger charge is -2.14. The monoisotopic (exact) mass is 276 g/mol. The fourth-order valence-electron chi connectivity index (χ4n) is 1.60. The Hall–Kier alpha value is -2.68. The molecule has 0 aliphatic rings. The molecule has 0 saturated carbocycles. The van der Waals surface area contributed by atoms with Crippen molar-refractivity contribution in [3.05, 3.63) is 23.3 Å². The topological polar surface area (TPSA) is 94.6 Å². The Morgan fingerprint density at radius 3 is 2.25 bits per heavy atom. The van der Waals surface area contributed by atoms with Crippen LogP contribution in [0.2, 0.25) is 0 Å². The summed E-state index contributed by atoms with van der Waals surface area (Å²) in [5, 5.41) is 8.84. The van der Waals surface area contributed by atoms with Crippen molar-refractivity contribution in [1.29, 1.82) is 5.26 Å². The highest BCUT2D eigenvalue weighted by Gasteiger charge is 2.14. The maximum Gasteiger partial charge on any atom is 0.259 e. The first-order valence-corrected chi connectivity index (χ1v) is 5.87. The number of ether oxygens (including phenoxy) is 3. The number of carbonyl (C=O) groups is 1. The van der Waals surface area contributed by atoms with Gasteiger partial charge in [-0.2, -0.15) is 5.26 Å². The number of hydrogen-bond acceptors (Lipinski definition) is 5. The zero-order chi connectivity index (χ0) is 15.1. The van der Waals surface area contributed by atoms with Crippen LogP contribution >= 0.6 is 0 Å². The molecule has 0 heterocycles. The third-order valence-electron chi connectivity index (χ3n) is 2.47. The molecule has 0 aliphatic heterocycles. The van der Waals surface area contributed by atoms with E-state index in [2.05, 4.69) is 0 Å². The molecule has 0 bridgehead atoms. The van der Waals surface area contributed by atoms with Gasteiger partial charge in [-0.15, -0.1) is 0 Å². The molecule has 1 rings (SSSR count). The van der Waals surface area contributed by atoms with Crippen LogP contribution in [0.3, 0.4) is 0 Å². The van der Waals surface area contributed by atoms with Crippen molar-refractivity contribution >= 4 is 12.0 Å². The number of methoxy groups -OCH3 is 2. The molecule has 1 aromatic carbocycles. The minimum Gasteiger partial charge on any atom is -0.493 e. The van der Waals surface area contributed by atoms with Crippen LogP contribution in [0.4, 0.5) is 0 Å². The fourth-order valence-corrected chi connectivity index (χ4v) is 1.60. The summed E-state index contributed by atoms with van der Waals surface area (Å²) in [6.07, 6.45) is 1.36. The molecule has 0 saturated heterocycles. The van der Waals surface area contributed by atoms with Gasteiger partial charge in [-0.3, -0.25) is 4.79 Å². The number of hydrogen-bond donors (Lipinski definition) is 1. The first-order chi connectivity index (χ1) is 9.57. The van der Waals surface area contributed by atoms with Crippen molar-refractivity contribution in [3.8, 4) is 23.3 Å². The van der Waals surface area contributed by atoms with Crippen molar-refractivity contribution in [2.45, 2.75) is 6.92 Å². The Kier molecular flexibility index (Phi) is 5.42. The fraction of sp³-hybridized carbons (Fsp3) is 0.286. The smallest absolute Gasteiger partial charge is 0.259 e. The number of carbonyl (C=O) groups excluding carboxylic acids is 1. The molecule has 0 aliphatic carbocycles. The van der Waals surface area contributed by atoms with Gasteiger partial charge in [0.25, 0.3) is 5.91 Å². The van der Waals surface area contributed by atoms with Crippen molar-refractivity contribution < 1.29 is 19.0 Å². The lowest BCUT2D eigenvalue weighted by atomic mass is 10.1. The molecule has 1 aromatic rings. The van der Waals surface area contributed by atoms with Gasteiger partial charge < -0.3 is 19.9 Å². The Labute approximate surface area is 117 Å². The second kappa shape index (κ2) is 7.04. The van der Waals surface area contributed by atoms with Gasteiger partial charge >= 0.3 is 0 Å². The van der Waals surface area contributed by atoms with E-state index in [-0.39, 0.29) is 5.57 Å². The number of benzene rings is 1. The minimum atomic E-state index is -0.792. The Morgan fingerprint density at radius 1 is 1.35 bits per heavy atom. The normalized spacial score (nSPS) is 10.6. The van der Waals surface area contributed by atoms with Crippen LogP contribution in [-0.2, 0) is 4.79 Å². The van der Waals surface area contributed by atoms with Crippen LogP contribution in [0.25, 0.3) is 6.08 Å². The molecule has 0 radical (unpaired) electrons. The van der Waals surface area contributed by atoms with Crippen LogP contribution in [0.15, 0.2) is 17.7 Å². The van der Waals surface area contributed by atoms with Crippen LogP contribution in [0.5, 0.6) is 17.2 Å². The largest absolute Gasteiger partial charge is 0.493 e. The van der Waals surface area contributed by atoms with Crippen LogP contribution in [0, 0.1) is 11.3 Å². The van der Waals surface area contributed by atoms with Gasteiger partial charge in [-0.25, -0.2) is 0 Å². The number of primary amides is 1. The second-order valence-electron chi connectivity index (χ2n) is 3.72. The van der Waals surface area contributed by atoms with Crippen molar-refractivity contribution in [3.63, 3.8) is 0 Å². The maximum atomic E-state index is 11.1. The van der Waals surface area contributed by atoms with Crippen molar-refractivity contribution in [2.24, 2.45) is 5.73 Å². The van der Waals surface area contributed by atoms with E-state index in [1.54, 1.807) is 18.2 Å². The van der Waals surface area contributed by atoms with E-state index >= 15 is 0 Å². The molecule has 0 spiro atoms. The molecule has 0 fully saturated rings. The van der Waals surface area contributed by atoms with Gasteiger partial charge in [0.2, 0.25) is 5.75 Å². The second-order valence-corrected chi connectivity index (χ2v) is 3.72. The molecular weight excluding hydrogens is 260 g/mol. The Bertz CT molecular complexity index is 548. The zero-order valence-electron chi connectivity index (χ0n) is 11.6. The summed E-state index contributed by atoms with van der Waals surface area (Å²) in [6, 6.07) is 5.00. The molecule has 0 unspecified atom stereocenters. The molecule has 0 aromatic heterocycles. The number of nitriles is 1. The average Bonchev–Trinajstić information content (AvgIpc) is 2.45. The molecule has 1 amide bonds. The van der Waals surface area contributed by atoms with Crippen LogP contribution < -0.4 is 19.9 Å². The quantitative estimate of drug-likeness (QED) is 0.627. The SMILES string of the molecule is CCOc1c(OC)cc(/C=C(/C#N)C(N)=O)cc1OC. The van der Waals surface area contributed by atoms with Gasteiger partial charge in [0.05, 0.1) is 20.8 Å². The number of nitrogens with two attached hydrogens (primary N) is 1. The van der Waals surface area contributed by atoms with Gasteiger partial charge in [0.15, 0.2) is 11.5 Å².